The number of carbonyl (C=O) groups excluding carboxylic acids is 1. The van der Waals surface area contributed by atoms with Gasteiger partial charge in [-0.25, -0.2) is 4.79 Å². The lowest BCUT2D eigenvalue weighted by molar-refractivity contribution is -0.144. The molecular weight excluding hydrogens is 424 g/mol. The van der Waals surface area contributed by atoms with Gasteiger partial charge in [0.05, 0.1) is 5.56 Å². The summed E-state index contributed by atoms with van der Waals surface area (Å²) in [5.74, 6) is 8.53. The van der Waals surface area contributed by atoms with Crippen LogP contribution in [0.4, 0.5) is 0 Å². The molecule has 0 heterocycles. The lowest BCUT2D eigenvalue weighted by Gasteiger charge is -2.61. The van der Waals surface area contributed by atoms with Crippen LogP contribution >= 0.6 is 0 Å². The molecule has 1 aromatic rings. The SMILES string of the molecule is CC(=O)[C@H]1CC[C@H]2[C@@H]3CC[C@H]4C[C@@](O)(C#Cc5ccc(C(=O)O)cc5)CC[C@]4(C)[C@H]3CC[C@]12C. The zero-order valence-electron chi connectivity index (χ0n) is 20.8. The molecule has 4 saturated carbocycles. The fourth-order valence-electron chi connectivity index (χ4n) is 8.91. The molecule has 0 radical (unpaired) electrons. The highest BCUT2D eigenvalue weighted by molar-refractivity contribution is 5.87. The van der Waals surface area contributed by atoms with Crippen LogP contribution < -0.4 is 0 Å². The van der Waals surface area contributed by atoms with Gasteiger partial charge in [-0.3, -0.25) is 4.79 Å². The second-order valence-corrected chi connectivity index (χ2v) is 12.3. The summed E-state index contributed by atoms with van der Waals surface area (Å²) < 4.78 is 0. The second-order valence-electron chi connectivity index (χ2n) is 12.3. The molecule has 5 rings (SSSR count). The normalized spacial score (nSPS) is 43.0. The van der Waals surface area contributed by atoms with E-state index < -0.39 is 11.6 Å². The molecule has 4 nitrogen and oxygen atoms in total. The van der Waals surface area contributed by atoms with Crippen LogP contribution in [0, 0.1) is 52.3 Å². The van der Waals surface area contributed by atoms with Gasteiger partial charge in [0.25, 0.3) is 0 Å². The largest absolute Gasteiger partial charge is 0.478 e. The van der Waals surface area contributed by atoms with Gasteiger partial charge in [0.1, 0.15) is 11.4 Å². The van der Waals surface area contributed by atoms with E-state index in [2.05, 4.69) is 25.7 Å². The quantitative estimate of drug-likeness (QED) is 0.552. The minimum atomic E-state index is -0.973. The summed E-state index contributed by atoms with van der Waals surface area (Å²) in [5.41, 5.74) is 0.444. The lowest BCUT2D eigenvalue weighted by atomic mass is 9.44. The number of hydrogen-bond donors (Lipinski definition) is 2. The Bertz CT molecular complexity index is 1050. The third-order valence-corrected chi connectivity index (χ3v) is 10.8. The second kappa shape index (κ2) is 8.23. The van der Waals surface area contributed by atoms with Gasteiger partial charge < -0.3 is 10.2 Å². The van der Waals surface area contributed by atoms with E-state index in [4.69, 9.17) is 5.11 Å². The number of carboxylic acids is 1. The van der Waals surface area contributed by atoms with Crippen molar-refractivity contribution in [3.05, 3.63) is 35.4 Å². The summed E-state index contributed by atoms with van der Waals surface area (Å²) in [6.07, 6.45) is 9.45. The fourth-order valence-corrected chi connectivity index (χ4v) is 8.91. The molecular formula is C30H38O4. The maximum absolute atomic E-state index is 12.4. The van der Waals surface area contributed by atoms with Crippen LogP contribution in [0.25, 0.3) is 0 Å². The van der Waals surface area contributed by atoms with Crippen molar-refractivity contribution < 1.29 is 19.8 Å². The van der Waals surface area contributed by atoms with Crippen molar-refractivity contribution in [2.24, 2.45) is 40.4 Å². The van der Waals surface area contributed by atoms with Crippen LogP contribution in [0.3, 0.4) is 0 Å². The number of ketones is 1. The predicted molar refractivity (Wildman–Crippen MR) is 131 cm³/mol. The maximum atomic E-state index is 12.4. The van der Waals surface area contributed by atoms with E-state index in [1.54, 1.807) is 31.2 Å². The fraction of sp³-hybridized carbons (Fsp3) is 0.667. The van der Waals surface area contributed by atoms with E-state index in [0.29, 0.717) is 30.0 Å². The molecule has 4 aliphatic rings. The standard InChI is InChI=1S/C30H38O4/c1-19(31)24-10-11-25-23-9-8-22-18-30(34,15-12-20-4-6-21(7-5-20)27(32)33)17-16-28(22,2)26(23)13-14-29(24,25)3/h4-7,22-26,34H,8-11,13-14,16-18H2,1-3H3,(H,32,33)/t22-,23-,24+,25-,26-,28-,29+,30+/m0/s1. The highest BCUT2D eigenvalue weighted by Gasteiger charge is 2.61. The lowest BCUT2D eigenvalue weighted by Crippen LogP contribution is -2.56. The molecule has 0 saturated heterocycles. The van der Waals surface area contributed by atoms with E-state index >= 15 is 0 Å². The van der Waals surface area contributed by atoms with Gasteiger partial charge >= 0.3 is 5.97 Å². The molecule has 4 heteroatoms. The van der Waals surface area contributed by atoms with Crippen LogP contribution in [-0.4, -0.2) is 27.6 Å². The highest BCUT2D eigenvalue weighted by atomic mass is 16.4. The first-order chi connectivity index (χ1) is 16.1. The number of aromatic carboxylic acids is 1. The topological polar surface area (TPSA) is 74.6 Å². The molecule has 0 bridgehead atoms. The molecule has 4 fully saturated rings. The molecule has 2 N–H and O–H groups in total. The van der Waals surface area contributed by atoms with Crippen molar-refractivity contribution >= 4 is 11.8 Å². The Balaban J connectivity index is 1.32. The van der Waals surface area contributed by atoms with Crippen molar-refractivity contribution in [3.8, 4) is 11.8 Å². The van der Waals surface area contributed by atoms with Crippen molar-refractivity contribution in [1.29, 1.82) is 0 Å². The molecule has 4 aliphatic carbocycles. The molecule has 182 valence electrons. The van der Waals surface area contributed by atoms with Crippen LogP contribution in [0.15, 0.2) is 24.3 Å². The van der Waals surface area contributed by atoms with Gasteiger partial charge in [-0.1, -0.05) is 25.7 Å². The molecule has 0 aliphatic heterocycles. The van der Waals surface area contributed by atoms with Crippen molar-refractivity contribution in [2.45, 2.75) is 84.2 Å². The Morgan fingerprint density at radius 3 is 2.29 bits per heavy atom. The number of aliphatic hydroxyl groups is 1. The number of rotatable bonds is 2. The number of Topliss-reactive ketones (excluding diaryl/α,β-unsaturated/α-hetero) is 1. The predicted octanol–water partition coefficient (Wildman–Crippen LogP) is 5.72. The van der Waals surface area contributed by atoms with E-state index in [-0.39, 0.29) is 22.3 Å². The Morgan fingerprint density at radius 2 is 1.62 bits per heavy atom. The van der Waals surface area contributed by atoms with Crippen molar-refractivity contribution in [1.82, 2.24) is 0 Å². The summed E-state index contributed by atoms with van der Waals surface area (Å²) in [5, 5.41) is 20.5. The van der Waals surface area contributed by atoms with Crippen LogP contribution in [-0.2, 0) is 4.79 Å². The van der Waals surface area contributed by atoms with Gasteiger partial charge in [-0.05, 0) is 123 Å². The van der Waals surface area contributed by atoms with E-state index in [9.17, 15) is 14.7 Å². The van der Waals surface area contributed by atoms with Gasteiger partial charge in [-0.15, -0.1) is 0 Å². The molecule has 0 amide bonds. The van der Waals surface area contributed by atoms with Gasteiger partial charge in [0, 0.05) is 11.5 Å². The van der Waals surface area contributed by atoms with Gasteiger partial charge in [0.2, 0.25) is 0 Å². The van der Waals surface area contributed by atoms with E-state index in [0.717, 1.165) is 37.2 Å². The monoisotopic (exact) mass is 462 g/mol. The number of fused-ring (bicyclic) bond motifs is 5. The molecule has 8 atom stereocenters. The highest BCUT2D eigenvalue weighted by Crippen LogP contribution is 2.68. The summed E-state index contributed by atoms with van der Waals surface area (Å²) in [7, 11) is 0. The number of carbonyl (C=O) groups is 2. The molecule has 34 heavy (non-hydrogen) atoms. The first kappa shape index (κ1) is 23.6. The van der Waals surface area contributed by atoms with Gasteiger partial charge in [0.15, 0.2) is 0 Å². The van der Waals surface area contributed by atoms with E-state index in [1.165, 1.54) is 25.7 Å². The van der Waals surface area contributed by atoms with Crippen LogP contribution in [0.1, 0.15) is 94.5 Å². The maximum Gasteiger partial charge on any atom is 0.335 e. The van der Waals surface area contributed by atoms with Gasteiger partial charge in [-0.2, -0.15) is 0 Å². The third kappa shape index (κ3) is 3.72. The smallest absolute Gasteiger partial charge is 0.335 e. The number of benzene rings is 1. The summed E-state index contributed by atoms with van der Waals surface area (Å²) in [6, 6.07) is 6.55. The third-order valence-electron chi connectivity index (χ3n) is 10.8. The van der Waals surface area contributed by atoms with Crippen LogP contribution in [0.5, 0.6) is 0 Å². The Hall–Kier alpha value is -2.12. The van der Waals surface area contributed by atoms with Crippen molar-refractivity contribution in [2.75, 3.05) is 0 Å². The molecule has 0 unspecified atom stereocenters. The minimum Gasteiger partial charge on any atom is -0.478 e. The van der Waals surface area contributed by atoms with E-state index in [1.807, 2.05) is 0 Å². The Kier molecular flexibility index (Phi) is 5.72. The summed E-state index contributed by atoms with van der Waals surface area (Å²) in [6.45, 7) is 6.68. The average molecular weight is 463 g/mol. The Labute approximate surface area is 203 Å². The minimum absolute atomic E-state index is 0.188. The molecule has 1 aromatic carbocycles. The van der Waals surface area contributed by atoms with Crippen LogP contribution in [0.2, 0.25) is 0 Å². The summed E-state index contributed by atoms with van der Waals surface area (Å²) in [4.78, 5) is 23.4. The number of hydrogen-bond acceptors (Lipinski definition) is 3. The number of carboxylic acid groups (broad SMARTS) is 1. The first-order valence-corrected chi connectivity index (χ1v) is 13.2. The first-order valence-electron chi connectivity index (χ1n) is 13.2. The average Bonchev–Trinajstić information content (AvgIpc) is 3.16. The molecule has 0 spiro atoms. The zero-order chi connectivity index (χ0) is 24.3. The Morgan fingerprint density at radius 1 is 0.912 bits per heavy atom. The van der Waals surface area contributed by atoms with Crippen molar-refractivity contribution in [3.63, 3.8) is 0 Å². The zero-order valence-corrected chi connectivity index (χ0v) is 20.8. The molecule has 0 aromatic heterocycles. The summed E-state index contributed by atoms with van der Waals surface area (Å²) >= 11 is 0.